The Kier molecular flexibility index (Phi) is 3.02. The normalized spacial score (nSPS) is 22.9. The number of carbonyl (C=O) groups excluding carboxylic acids is 1. The number of carbonyl (C=O) groups is 1. The fourth-order valence-electron chi connectivity index (χ4n) is 4.08. The first-order chi connectivity index (χ1) is 14.2. The van der Waals surface area contributed by atoms with Crippen molar-refractivity contribution in [1.82, 2.24) is 14.5 Å². The number of imidazole rings is 1. The Morgan fingerprint density at radius 2 is 2.19 bits per heavy atom. The third-order valence-electron chi connectivity index (χ3n) is 5.11. The minimum Gasteiger partial charge on any atom is -0.434 e. The molecule has 3 aromatic rings. The van der Waals surface area contributed by atoms with Crippen molar-refractivity contribution < 1.29 is 22.4 Å². The van der Waals surface area contributed by atoms with Gasteiger partial charge in [-0.2, -0.15) is 8.78 Å². The van der Waals surface area contributed by atoms with Gasteiger partial charge in [0, 0.05) is 32.2 Å². The molecule has 0 N–H and O–H groups in total. The fraction of sp³-hybridized carbons (Fsp3) is 0.263. The highest BCUT2D eigenvalue weighted by Gasteiger charge is 2.44. The zero-order valence-corrected chi connectivity index (χ0v) is 15.9. The van der Waals surface area contributed by atoms with E-state index in [1.807, 2.05) is 22.8 Å². The van der Waals surface area contributed by atoms with Crippen molar-refractivity contribution in [2.75, 3.05) is 6.98 Å². The number of hydrogen-bond acceptors (Lipinski definition) is 3. The molecule has 5 nitrogen and oxygen atoms in total. The van der Waals surface area contributed by atoms with Gasteiger partial charge in [0.1, 0.15) is 11.6 Å². The van der Waals surface area contributed by atoms with Gasteiger partial charge in [0.2, 0.25) is 0 Å². The largest absolute Gasteiger partial charge is 0.434 e. The summed E-state index contributed by atoms with van der Waals surface area (Å²) in [4.78, 5) is 18.7. The van der Waals surface area contributed by atoms with Gasteiger partial charge in [0.15, 0.2) is 0 Å². The molecule has 2 bridgehead atoms. The monoisotopic (exact) mass is 484 g/mol. The van der Waals surface area contributed by atoms with Crippen LogP contribution in [0.25, 0.3) is 11.0 Å². The summed E-state index contributed by atoms with van der Waals surface area (Å²) in [7, 11) is 0. The standard InChI is InChI=1S/C19H14F2IN3O2/c1-24-14-8-13(25-12-7-9(22)5-6-11(12)23-17(14)25)16-10(18(24)26)3-2-4-15(16)27-19(20)21/h2-7,13-14,19H,8H2,1H3/t13-,14-/m1/s1/i1D3. The molecule has 0 spiro atoms. The first kappa shape index (κ1) is 13.9. The predicted molar refractivity (Wildman–Crippen MR) is 103 cm³/mol. The maximum Gasteiger partial charge on any atom is 0.387 e. The van der Waals surface area contributed by atoms with E-state index >= 15 is 0 Å². The molecule has 2 atom stereocenters. The average molecular weight is 484 g/mol. The SMILES string of the molecule is [2H]C([2H])([2H])N1C(=O)c2cccc(OC(F)F)c2[C@H]2C[C@@H]1c1nc3ccc(I)cc3n12. The lowest BCUT2D eigenvalue weighted by Gasteiger charge is -2.24. The van der Waals surface area contributed by atoms with Gasteiger partial charge >= 0.3 is 6.61 Å². The smallest absolute Gasteiger partial charge is 0.387 e. The van der Waals surface area contributed by atoms with E-state index < -0.39 is 31.6 Å². The molecule has 0 unspecified atom stereocenters. The highest BCUT2D eigenvalue weighted by atomic mass is 127. The van der Waals surface area contributed by atoms with Gasteiger partial charge in [-0.3, -0.25) is 4.79 Å². The quantitative estimate of drug-likeness (QED) is 0.508. The molecule has 3 heterocycles. The van der Waals surface area contributed by atoms with E-state index in [9.17, 15) is 13.6 Å². The summed E-state index contributed by atoms with van der Waals surface area (Å²) in [5, 5.41) is 0. The Hall–Kier alpha value is -2.23. The molecule has 138 valence electrons. The van der Waals surface area contributed by atoms with E-state index in [0.717, 1.165) is 14.0 Å². The van der Waals surface area contributed by atoms with Crippen LogP contribution in [-0.2, 0) is 0 Å². The molecule has 2 aromatic carbocycles. The summed E-state index contributed by atoms with van der Waals surface area (Å²) in [6, 6.07) is 8.47. The summed E-state index contributed by atoms with van der Waals surface area (Å²) in [5.41, 5.74) is 1.71. The second-order valence-corrected chi connectivity index (χ2v) is 7.76. The van der Waals surface area contributed by atoms with E-state index in [1.165, 1.54) is 18.2 Å². The molecule has 0 saturated heterocycles. The highest BCUT2D eigenvalue weighted by Crippen LogP contribution is 2.49. The topological polar surface area (TPSA) is 47.4 Å². The van der Waals surface area contributed by atoms with Crippen LogP contribution >= 0.6 is 22.6 Å². The molecule has 5 rings (SSSR count). The van der Waals surface area contributed by atoms with Gasteiger partial charge in [-0.15, -0.1) is 0 Å². The van der Waals surface area contributed by atoms with Crippen molar-refractivity contribution in [3.63, 3.8) is 0 Å². The first-order valence-corrected chi connectivity index (χ1v) is 9.33. The van der Waals surface area contributed by atoms with Crippen molar-refractivity contribution in [3.05, 3.63) is 56.9 Å². The van der Waals surface area contributed by atoms with Gasteiger partial charge in [0.05, 0.1) is 23.1 Å². The lowest BCUT2D eigenvalue weighted by atomic mass is 9.97. The third-order valence-corrected chi connectivity index (χ3v) is 5.78. The van der Waals surface area contributed by atoms with E-state index in [2.05, 4.69) is 27.6 Å². The fourth-order valence-corrected chi connectivity index (χ4v) is 4.56. The molecule has 1 aromatic heterocycles. The number of hydrogen-bond donors (Lipinski definition) is 0. The Bertz CT molecular complexity index is 1200. The van der Waals surface area contributed by atoms with Crippen LogP contribution in [-0.4, -0.2) is 33.9 Å². The van der Waals surface area contributed by atoms with Gasteiger partial charge in [-0.1, -0.05) is 6.07 Å². The van der Waals surface area contributed by atoms with E-state index in [0.29, 0.717) is 11.3 Å². The first-order valence-electron chi connectivity index (χ1n) is 9.75. The van der Waals surface area contributed by atoms with E-state index in [-0.39, 0.29) is 23.3 Å². The van der Waals surface area contributed by atoms with E-state index in [4.69, 9.17) is 8.85 Å². The molecule has 0 saturated carbocycles. The zero-order chi connectivity index (χ0) is 21.4. The highest BCUT2D eigenvalue weighted by molar-refractivity contribution is 14.1. The number of benzene rings is 2. The van der Waals surface area contributed by atoms with Crippen LogP contribution < -0.4 is 4.74 Å². The van der Waals surface area contributed by atoms with Crippen molar-refractivity contribution in [2.45, 2.75) is 25.1 Å². The third kappa shape index (κ3) is 2.38. The average Bonchev–Trinajstić information content (AvgIpc) is 3.13. The lowest BCUT2D eigenvalue weighted by Crippen LogP contribution is -2.30. The Morgan fingerprint density at radius 3 is 2.96 bits per heavy atom. The zero-order valence-electron chi connectivity index (χ0n) is 16.7. The van der Waals surface area contributed by atoms with Gasteiger partial charge < -0.3 is 14.2 Å². The minimum atomic E-state index is -3.08. The Morgan fingerprint density at radius 1 is 1.33 bits per heavy atom. The molecule has 0 fully saturated rings. The van der Waals surface area contributed by atoms with Gasteiger partial charge in [-0.05, 0) is 52.9 Å². The van der Waals surface area contributed by atoms with E-state index in [1.54, 1.807) is 0 Å². The van der Waals surface area contributed by atoms with Gasteiger partial charge in [0.25, 0.3) is 5.91 Å². The van der Waals surface area contributed by atoms with Crippen molar-refractivity contribution in [3.8, 4) is 5.75 Å². The number of nitrogens with zero attached hydrogens (tertiary/aromatic N) is 3. The molecule has 8 heteroatoms. The second-order valence-electron chi connectivity index (χ2n) is 6.51. The summed E-state index contributed by atoms with van der Waals surface area (Å²) in [6.45, 7) is -5.81. The molecular weight excluding hydrogens is 467 g/mol. The van der Waals surface area contributed by atoms with Crippen LogP contribution in [0.4, 0.5) is 8.78 Å². The number of alkyl halides is 2. The number of fused-ring (bicyclic) bond motifs is 9. The summed E-state index contributed by atoms with van der Waals surface area (Å²) in [5.74, 6) is -0.448. The van der Waals surface area contributed by atoms with Crippen molar-refractivity contribution in [2.24, 2.45) is 0 Å². The number of ether oxygens (including phenoxy) is 1. The van der Waals surface area contributed by atoms with Gasteiger partial charge in [-0.25, -0.2) is 4.98 Å². The maximum atomic E-state index is 13.3. The summed E-state index contributed by atoms with van der Waals surface area (Å²) >= 11 is 2.16. The summed E-state index contributed by atoms with van der Waals surface area (Å²) in [6.07, 6.45) is 0.213. The van der Waals surface area contributed by atoms with Crippen LogP contribution in [0.2, 0.25) is 0 Å². The number of amides is 1. The molecule has 2 aliphatic rings. The number of aromatic nitrogens is 2. The molecule has 0 radical (unpaired) electrons. The predicted octanol–water partition coefficient (Wildman–Crippen LogP) is 4.36. The molecule has 27 heavy (non-hydrogen) atoms. The van der Waals surface area contributed by atoms with Crippen LogP contribution in [0.5, 0.6) is 5.75 Å². The van der Waals surface area contributed by atoms with Crippen LogP contribution in [0, 0.1) is 3.57 Å². The van der Waals surface area contributed by atoms with Crippen LogP contribution in [0.15, 0.2) is 36.4 Å². The Labute approximate surface area is 171 Å². The van der Waals surface area contributed by atoms with Crippen LogP contribution in [0.3, 0.4) is 0 Å². The molecule has 2 aliphatic heterocycles. The van der Waals surface area contributed by atoms with Crippen molar-refractivity contribution >= 4 is 39.5 Å². The maximum absolute atomic E-state index is 13.3. The molecule has 1 amide bonds. The van der Waals surface area contributed by atoms with Crippen molar-refractivity contribution in [1.29, 1.82) is 0 Å². The number of rotatable bonds is 2. The Balaban J connectivity index is 1.85. The number of halogens is 3. The second kappa shape index (κ2) is 5.88. The molecule has 0 aliphatic carbocycles. The van der Waals surface area contributed by atoms with Crippen LogP contribution in [0.1, 0.15) is 44.4 Å². The minimum absolute atomic E-state index is 0.0508. The lowest BCUT2D eigenvalue weighted by molar-refractivity contribution is -0.0507. The molecular formula is C19H14F2IN3O2. The summed E-state index contributed by atoms with van der Waals surface area (Å²) < 4.78 is 57.7.